The highest BCUT2D eigenvalue weighted by molar-refractivity contribution is 9.10. The Kier molecular flexibility index (Phi) is 3.68. The van der Waals surface area contributed by atoms with Gasteiger partial charge in [-0.25, -0.2) is 9.18 Å². The number of benzene rings is 2. The lowest BCUT2D eigenvalue weighted by molar-refractivity contribution is 0.0468. The van der Waals surface area contributed by atoms with E-state index in [1.807, 2.05) is 18.2 Å². The molecule has 0 saturated carbocycles. The summed E-state index contributed by atoms with van der Waals surface area (Å²) < 4.78 is 18.9. The highest BCUT2D eigenvalue weighted by Crippen LogP contribution is 2.35. The number of hydrogen-bond donors (Lipinski definition) is 1. The van der Waals surface area contributed by atoms with Crippen LogP contribution in [0.4, 0.5) is 10.1 Å². The Bertz CT molecular complexity index is 717. The van der Waals surface area contributed by atoms with Gasteiger partial charge >= 0.3 is 5.97 Å². The fourth-order valence-electron chi connectivity index (χ4n) is 2.49. The van der Waals surface area contributed by atoms with Gasteiger partial charge in [0.1, 0.15) is 5.82 Å². The van der Waals surface area contributed by atoms with Crippen LogP contribution < -0.4 is 5.73 Å². The van der Waals surface area contributed by atoms with Crippen molar-refractivity contribution in [2.75, 3.05) is 12.3 Å². The van der Waals surface area contributed by atoms with Crippen molar-refractivity contribution in [3.8, 4) is 0 Å². The third kappa shape index (κ3) is 2.65. The molecule has 1 aliphatic rings. The number of ether oxygens (including phenoxy) is 1. The van der Waals surface area contributed by atoms with Gasteiger partial charge in [0.15, 0.2) is 0 Å². The minimum absolute atomic E-state index is 0.0702. The molecule has 0 amide bonds. The summed E-state index contributed by atoms with van der Waals surface area (Å²) in [7, 11) is 0. The van der Waals surface area contributed by atoms with E-state index in [2.05, 4.69) is 22.0 Å². The molecule has 3 rings (SSSR count). The van der Waals surface area contributed by atoms with E-state index < -0.39 is 11.8 Å². The Morgan fingerprint density at radius 2 is 2.14 bits per heavy atom. The Balaban J connectivity index is 1.67. The molecule has 2 aromatic carbocycles. The maximum Gasteiger partial charge on any atom is 0.339 e. The largest absolute Gasteiger partial charge is 0.461 e. The first-order valence-corrected chi connectivity index (χ1v) is 7.35. The molecule has 0 aromatic heterocycles. The number of carbonyl (C=O) groups excluding carboxylic acids is 1. The lowest BCUT2D eigenvalue weighted by Gasteiger charge is -2.29. The van der Waals surface area contributed by atoms with Crippen LogP contribution in [0.1, 0.15) is 27.4 Å². The summed E-state index contributed by atoms with van der Waals surface area (Å²) in [5.74, 6) is -0.828. The molecule has 0 saturated heterocycles. The molecular weight excluding hydrogens is 337 g/mol. The number of nitrogen functional groups attached to an aromatic ring is 1. The minimum atomic E-state index is -0.564. The SMILES string of the molecule is Nc1cc(C(=O)OCC2Cc3ccccc32)c(Br)cc1F. The average Bonchev–Trinajstić information content (AvgIpc) is 2.43. The highest BCUT2D eigenvalue weighted by atomic mass is 79.9. The fourth-order valence-corrected chi connectivity index (χ4v) is 2.96. The van der Waals surface area contributed by atoms with Gasteiger partial charge in [-0.15, -0.1) is 0 Å². The molecule has 21 heavy (non-hydrogen) atoms. The van der Waals surface area contributed by atoms with E-state index in [1.165, 1.54) is 23.3 Å². The molecule has 0 aliphatic heterocycles. The van der Waals surface area contributed by atoms with Crippen molar-refractivity contribution in [3.05, 3.63) is 63.4 Å². The predicted molar refractivity (Wildman–Crippen MR) is 81.7 cm³/mol. The van der Waals surface area contributed by atoms with Crippen molar-refractivity contribution in [2.45, 2.75) is 12.3 Å². The average molecular weight is 350 g/mol. The number of fused-ring (bicyclic) bond motifs is 1. The van der Waals surface area contributed by atoms with Crippen LogP contribution in [0.2, 0.25) is 0 Å². The number of esters is 1. The summed E-state index contributed by atoms with van der Waals surface area (Å²) in [6.45, 7) is 0.319. The van der Waals surface area contributed by atoms with E-state index in [1.54, 1.807) is 0 Å². The number of carbonyl (C=O) groups is 1. The van der Waals surface area contributed by atoms with Crippen molar-refractivity contribution in [1.82, 2.24) is 0 Å². The molecule has 1 atom stereocenters. The van der Waals surface area contributed by atoms with Crippen LogP contribution in [0, 0.1) is 5.82 Å². The molecule has 0 heterocycles. The van der Waals surface area contributed by atoms with Crippen LogP contribution in [-0.2, 0) is 11.2 Å². The standard InChI is InChI=1S/C16H13BrFNO2/c17-13-7-14(18)15(19)6-12(13)16(20)21-8-10-5-9-3-1-2-4-11(9)10/h1-4,6-7,10H,5,8,19H2. The van der Waals surface area contributed by atoms with E-state index in [0.29, 0.717) is 11.1 Å². The fraction of sp³-hybridized carbons (Fsp3) is 0.188. The monoisotopic (exact) mass is 349 g/mol. The molecule has 3 nitrogen and oxygen atoms in total. The van der Waals surface area contributed by atoms with Gasteiger partial charge in [0.05, 0.1) is 17.9 Å². The van der Waals surface area contributed by atoms with Crippen LogP contribution in [0.25, 0.3) is 0 Å². The van der Waals surface area contributed by atoms with Gasteiger partial charge in [-0.05, 0) is 45.6 Å². The van der Waals surface area contributed by atoms with E-state index in [0.717, 1.165) is 6.42 Å². The van der Waals surface area contributed by atoms with E-state index in [9.17, 15) is 9.18 Å². The maximum absolute atomic E-state index is 13.3. The topological polar surface area (TPSA) is 52.3 Å². The molecule has 5 heteroatoms. The zero-order valence-electron chi connectivity index (χ0n) is 11.1. The first kappa shape index (κ1) is 14.1. The third-order valence-corrected chi connectivity index (χ3v) is 4.34. The zero-order chi connectivity index (χ0) is 15.0. The zero-order valence-corrected chi connectivity index (χ0v) is 12.7. The molecular formula is C16H13BrFNO2. The van der Waals surface area contributed by atoms with Gasteiger partial charge in [0.25, 0.3) is 0 Å². The lowest BCUT2D eigenvalue weighted by Crippen LogP contribution is -2.23. The highest BCUT2D eigenvalue weighted by Gasteiger charge is 2.27. The van der Waals surface area contributed by atoms with Crippen molar-refractivity contribution >= 4 is 27.6 Å². The summed E-state index contributed by atoms with van der Waals surface area (Å²) in [6, 6.07) is 10.6. The van der Waals surface area contributed by atoms with Crippen LogP contribution in [0.5, 0.6) is 0 Å². The Hall–Kier alpha value is -1.88. The predicted octanol–water partition coefficient (Wildman–Crippen LogP) is 3.67. The van der Waals surface area contributed by atoms with E-state index in [-0.39, 0.29) is 17.2 Å². The number of rotatable bonds is 3. The first-order valence-electron chi connectivity index (χ1n) is 6.55. The number of nitrogens with two attached hydrogens (primary N) is 1. The minimum Gasteiger partial charge on any atom is -0.461 e. The van der Waals surface area contributed by atoms with Crippen LogP contribution in [-0.4, -0.2) is 12.6 Å². The van der Waals surface area contributed by atoms with Crippen molar-refractivity contribution in [3.63, 3.8) is 0 Å². The molecule has 2 N–H and O–H groups in total. The normalized spacial score (nSPS) is 16.0. The van der Waals surface area contributed by atoms with Gasteiger partial charge in [-0.3, -0.25) is 0 Å². The van der Waals surface area contributed by atoms with E-state index >= 15 is 0 Å². The molecule has 108 valence electrons. The van der Waals surface area contributed by atoms with E-state index in [4.69, 9.17) is 10.5 Å². The third-order valence-electron chi connectivity index (χ3n) is 3.68. The second-order valence-corrected chi connectivity index (χ2v) is 5.91. The molecule has 0 radical (unpaired) electrons. The number of halogens is 2. The molecule has 0 spiro atoms. The van der Waals surface area contributed by atoms with Crippen LogP contribution in [0.15, 0.2) is 40.9 Å². The lowest BCUT2D eigenvalue weighted by atomic mass is 9.78. The van der Waals surface area contributed by atoms with Gasteiger partial charge < -0.3 is 10.5 Å². The second-order valence-electron chi connectivity index (χ2n) is 5.05. The number of hydrogen-bond acceptors (Lipinski definition) is 3. The smallest absolute Gasteiger partial charge is 0.339 e. The summed E-state index contributed by atoms with van der Waals surface area (Å²) in [4.78, 5) is 12.1. The van der Waals surface area contributed by atoms with Gasteiger partial charge in [-0.2, -0.15) is 0 Å². The van der Waals surface area contributed by atoms with Crippen molar-refractivity contribution in [2.24, 2.45) is 0 Å². The van der Waals surface area contributed by atoms with Crippen LogP contribution in [0.3, 0.4) is 0 Å². The molecule has 2 aromatic rings. The Labute approximate surface area is 130 Å². The Morgan fingerprint density at radius 1 is 1.38 bits per heavy atom. The number of anilines is 1. The van der Waals surface area contributed by atoms with Crippen LogP contribution >= 0.6 is 15.9 Å². The molecule has 0 fully saturated rings. The second kappa shape index (κ2) is 5.48. The summed E-state index contributed by atoms with van der Waals surface area (Å²) in [5, 5.41) is 0. The first-order chi connectivity index (χ1) is 10.1. The molecule has 1 aliphatic carbocycles. The van der Waals surface area contributed by atoms with Gasteiger partial charge in [-0.1, -0.05) is 24.3 Å². The maximum atomic E-state index is 13.3. The van der Waals surface area contributed by atoms with Crippen molar-refractivity contribution < 1.29 is 13.9 Å². The van der Waals surface area contributed by atoms with Gasteiger partial charge in [0.2, 0.25) is 0 Å². The summed E-state index contributed by atoms with van der Waals surface area (Å²) in [5.41, 5.74) is 8.17. The van der Waals surface area contributed by atoms with Gasteiger partial charge in [0, 0.05) is 10.4 Å². The quantitative estimate of drug-likeness (QED) is 0.679. The Morgan fingerprint density at radius 3 is 2.90 bits per heavy atom. The summed E-state index contributed by atoms with van der Waals surface area (Å²) >= 11 is 3.15. The summed E-state index contributed by atoms with van der Waals surface area (Å²) in [6.07, 6.45) is 0.913. The molecule has 1 unspecified atom stereocenters. The molecule has 0 bridgehead atoms. The van der Waals surface area contributed by atoms with Crippen molar-refractivity contribution in [1.29, 1.82) is 0 Å².